The third-order valence-electron chi connectivity index (χ3n) is 4.87. The standard InChI is InChI=1S/C19H28N4O3/c1-13-10-15(14(2)23(13)16-6-4-3-5-7-16)8-9-19(26)22(11-17(20)24)12-18(21)25/h8-10,16H,3-7,11-12H2,1-2H3,(H2,20,24)(H2,21,25). The minimum atomic E-state index is -0.691. The van der Waals surface area contributed by atoms with Crippen LogP contribution in [0.4, 0.5) is 0 Å². The first-order valence-electron chi connectivity index (χ1n) is 9.01. The number of hydrogen-bond donors (Lipinski definition) is 2. The largest absolute Gasteiger partial charge is 0.368 e. The van der Waals surface area contributed by atoms with E-state index in [1.54, 1.807) is 6.08 Å². The fraction of sp³-hybridized carbons (Fsp3) is 0.526. The van der Waals surface area contributed by atoms with Crippen molar-refractivity contribution in [1.82, 2.24) is 9.47 Å². The number of rotatable bonds is 7. The molecule has 142 valence electrons. The predicted molar refractivity (Wildman–Crippen MR) is 100 cm³/mol. The topological polar surface area (TPSA) is 111 Å². The van der Waals surface area contributed by atoms with Gasteiger partial charge in [0, 0.05) is 23.5 Å². The van der Waals surface area contributed by atoms with Crippen LogP contribution in [-0.2, 0) is 14.4 Å². The van der Waals surface area contributed by atoms with Crippen molar-refractivity contribution < 1.29 is 14.4 Å². The third kappa shape index (κ3) is 4.97. The summed E-state index contributed by atoms with van der Waals surface area (Å²) in [4.78, 5) is 35.5. The van der Waals surface area contributed by atoms with Gasteiger partial charge in [-0.25, -0.2) is 0 Å². The van der Waals surface area contributed by atoms with Crippen molar-refractivity contribution in [2.24, 2.45) is 11.5 Å². The Morgan fingerprint density at radius 1 is 1.12 bits per heavy atom. The van der Waals surface area contributed by atoms with E-state index in [0.29, 0.717) is 6.04 Å². The summed E-state index contributed by atoms with van der Waals surface area (Å²) < 4.78 is 2.36. The molecule has 0 aromatic carbocycles. The number of aryl methyl sites for hydroxylation is 1. The van der Waals surface area contributed by atoms with Crippen molar-refractivity contribution in [2.75, 3.05) is 13.1 Å². The highest BCUT2D eigenvalue weighted by molar-refractivity contribution is 5.96. The van der Waals surface area contributed by atoms with Crippen molar-refractivity contribution in [3.8, 4) is 0 Å². The monoisotopic (exact) mass is 360 g/mol. The van der Waals surface area contributed by atoms with E-state index >= 15 is 0 Å². The molecule has 0 atom stereocenters. The Labute approximate surface area is 154 Å². The first kappa shape index (κ1) is 19.8. The van der Waals surface area contributed by atoms with Gasteiger partial charge in [0.15, 0.2) is 0 Å². The van der Waals surface area contributed by atoms with E-state index in [0.717, 1.165) is 16.2 Å². The van der Waals surface area contributed by atoms with Crippen molar-refractivity contribution in [2.45, 2.75) is 52.0 Å². The molecule has 0 saturated heterocycles. The average Bonchev–Trinajstić information content (AvgIpc) is 2.85. The molecule has 7 heteroatoms. The minimum Gasteiger partial charge on any atom is -0.368 e. The molecule has 1 aliphatic rings. The molecule has 1 heterocycles. The van der Waals surface area contributed by atoms with Gasteiger partial charge in [0.05, 0.1) is 0 Å². The number of carbonyl (C=O) groups excluding carboxylic acids is 3. The fourth-order valence-electron chi connectivity index (χ4n) is 3.73. The normalized spacial score (nSPS) is 15.3. The number of amides is 3. The Morgan fingerprint density at radius 2 is 1.69 bits per heavy atom. The number of aromatic nitrogens is 1. The van der Waals surface area contributed by atoms with E-state index in [-0.39, 0.29) is 13.1 Å². The maximum atomic E-state index is 12.3. The van der Waals surface area contributed by atoms with Crippen LogP contribution in [0.15, 0.2) is 12.1 Å². The number of primary amides is 2. The second-order valence-electron chi connectivity index (χ2n) is 6.95. The third-order valence-corrected chi connectivity index (χ3v) is 4.87. The van der Waals surface area contributed by atoms with Gasteiger partial charge in [0.1, 0.15) is 13.1 Å². The van der Waals surface area contributed by atoms with Crippen LogP contribution in [0.25, 0.3) is 6.08 Å². The molecule has 2 rings (SSSR count). The number of carbonyl (C=O) groups is 3. The summed E-state index contributed by atoms with van der Waals surface area (Å²) in [5.74, 6) is -1.85. The predicted octanol–water partition coefficient (Wildman–Crippen LogP) is 1.42. The summed E-state index contributed by atoms with van der Waals surface area (Å²) in [6.45, 7) is 3.45. The summed E-state index contributed by atoms with van der Waals surface area (Å²) in [5, 5.41) is 0. The molecule has 3 amide bonds. The van der Waals surface area contributed by atoms with Crippen molar-refractivity contribution >= 4 is 23.8 Å². The smallest absolute Gasteiger partial charge is 0.247 e. The van der Waals surface area contributed by atoms with E-state index in [1.165, 1.54) is 43.9 Å². The summed E-state index contributed by atoms with van der Waals surface area (Å²) in [6.07, 6.45) is 9.25. The highest BCUT2D eigenvalue weighted by Gasteiger charge is 2.20. The van der Waals surface area contributed by atoms with Gasteiger partial charge in [-0.2, -0.15) is 0 Å². The summed E-state index contributed by atoms with van der Waals surface area (Å²) >= 11 is 0. The second kappa shape index (κ2) is 8.69. The number of nitrogens with zero attached hydrogens (tertiary/aromatic N) is 2. The van der Waals surface area contributed by atoms with Crippen LogP contribution < -0.4 is 11.5 Å². The molecule has 7 nitrogen and oxygen atoms in total. The van der Waals surface area contributed by atoms with Crippen molar-refractivity contribution in [3.63, 3.8) is 0 Å². The zero-order chi connectivity index (χ0) is 19.3. The fourth-order valence-corrected chi connectivity index (χ4v) is 3.73. The Morgan fingerprint density at radius 3 is 2.23 bits per heavy atom. The molecule has 0 unspecified atom stereocenters. The molecular weight excluding hydrogens is 332 g/mol. The first-order valence-corrected chi connectivity index (χ1v) is 9.01. The summed E-state index contributed by atoms with van der Waals surface area (Å²) in [6, 6.07) is 2.57. The van der Waals surface area contributed by atoms with Crippen LogP contribution in [0.1, 0.15) is 55.1 Å². The van der Waals surface area contributed by atoms with E-state index in [9.17, 15) is 14.4 Å². The van der Waals surface area contributed by atoms with Gasteiger partial charge in [0.25, 0.3) is 0 Å². The minimum absolute atomic E-state index is 0.340. The van der Waals surface area contributed by atoms with E-state index < -0.39 is 17.7 Å². The van der Waals surface area contributed by atoms with Crippen LogP contribution >= 0.6 is 0 Å². The van der Waals surface area contributed by atoms with Crippen LogP contribution in [0.5, 0.6) is 0 Å². The molecular formula is C19H28N4O3. The molecule has 1 saturated carbocycles. The molecule has 1 aromatic rings. The van der Waals surface area contributed by atoms with Crippen molar-refractivity contribution in [3.05, 3.63) is 29.1 Å². The molecule has 1 fully saturated rings. The lowest BCUT2D eigenvalue weighted by molar-refractivity contribution is -0.134. The van der Waals surface area contributed by atoms with E-state index in [4.69, 9.17) is 11.5 Å². The molecule has 0 bridgehead atoms. The molecule has 0 aliphatic heterocycles. The maximum absolute atomic E-state index is 12.3. The summed E-state index contributed by atoms with van der Waals surface area (Å²) in [5.41, 5.74) is 13.5. The molecule has 26 heavy (non-hydrogen) atoms. The van der Waals surface area contributed by atoms with Crippen LogP contribution in [0, 0.1) is 13.8 Å². The zero-order valence-corrected chi connectivity index (χ0v) is 15.5. The van der Waals surface area contributed by atoms with E-state index in [2.05, 4.69) is 24.5 Å². The molecule has 0 spiro atoms. The Hall–Kier alpha value is -2.57. The number of nitrogens with two attached hydrogens (primary N) is 2. The second-order valence-corrected chi connectivity index (χ2v) is 6.95. The number of hydrogen-bond acceptors (Lipinski definition) is 3. The van der Waals surface area contributed by atoms with E-state index in [1.807, 2.05) is 0 Å². The Kier molecular flexibility index (Phi) is 6.60. The van der Waals surface area contributed by atoms with Crippen LogP contribution in [0.2, 0.25) is 0 Å². The summed E-state index contributed by atoms with van der Waals surface area (Å²) in [7, 11) is 0. The van der Waals surface area contributed by atoms with Crippen molar-refractivity contribution in [1.29, 1.82) is 0 Å². The first-order chi connectivity index (χ1) is 12.3. The highest BCUT2D eigenvalue weighted by Crippen LogP contribution is 2.32. The molecule has 4 N–H and O–H groups in total. The van der Waals surface area contributed by atoms with Gasteiger partial charge in [-0.3, -0.25) is 14.4 Å². The maximum Gasteiger partial charge on any atom is 0.247 e. The molecule has 1 aromatic heterocycles. The van der Waals surface area contributed by atoms with Gasteiger partial charge in [-0.1, -0.05) is 19.3 Å². The quantitative estimate of drug-likeness (QED) is 0.717. The lowest BCUT2D eigenvalue weighted by Gasteiger charge is -2.26. The molecule has 1 aliphatic carbocycles. The van der Waals surface area contributed by atoms with Gasteiger partial charge < -0.3 is 20.9 Å². The molecule has 0 radical (unpaired) electrons. The lowest BCUT2D eigenvalue weighted by atomic mass is 9.95. The van der Waals surface area contributed by atoms with Crippen LogP contribution in [-0.4, -0.2) is 40.3 Å². The Balaban J connectivity index is 2.16. The van der Waals surface area contributed by atoms with Gasteiger partial charge in [0.2, 0.25) is 17.7 Å². The average molecular weight is 360 g/mol. The zero-order valence-electron chi connectivity index (χ0n) is 15.5. The SMILES string of the molecule is Cc1cc(C=CC(=O)N(CC(N)=O)CC(N)=O)c(C)n1C1CCCCC1. The Bertz CT molecular complexity index is 699. The van der Waals surface area contributed by atoms with Gasteiger partial charge in [-0.05, 0) is 44.4 Å². The van der Waals surface area contributed by atoms with Gasteiger partial charge >= 0.3 is 0 Å². The van der Waals surface area contributed by atoms with Gasteiger partial charge in [-0.15, -0.1) is 0 Å². The lowest BCUT2D eigenvalue weighted by Crippen LogP contribution is -2.42. The van der Waals surface area contributed by atoms with Crippen LogP contribution in [0.3, 0.4) is 0 Å². The highest BCUT2D eigenvalue weighted by atomic mass is 16.2.